The quantitative estimate of drug-likeness (QED) is 0.395. The molecule has 0 N–H and O–H groups in total. The summed E-state index contributed by atoms with van der Waals surface area (Å²) < 4.78 is 67.5. The second kappa shape index (κ2) is 11.3. The first-order valence-electron chi connectivity index (χ1n) is 11.9. The summed E-state index contributed by atoms with van der Waals surface area (Å²) >= 11 is 5.93. The number of rotatable bonds is 7. The molecule has 38 heavy (non-hydrogen) atoms. The number of hydrogen-bond donors (Lipinski definition) is 0. The predicted molar refractivity (Wildman–Crippen MR) is 140 cm³/mol. The molecule has 1 aliphatic rings. The highest BCUT2D eigenvalue weighted by Crippen LogP contribution is 2.32. The molecular formula is C27H27ClF3N3O3S. The molecule has 6 nitrogen and oxygen atoms in total. The summed E-state index contributed by atoms with van der Waals surface area (Å²) in [5.41, 5.74) is 1.40. The van der Waals surface area contributed by atoms with Crippen molar-refractivity contribution in [3.63, 3.8) is 0 Å². The van der Waals surface area contributed by atoms with Crippen LogP contribution >= 0.6 is 11.6 Å². The minimum absolute atomic E-state index is 0.00256. The Hall–Kier alpha value is -3.08. The topological polar surface area (TPSA) is 60.9 Å². The number of aryl methyl sites for hydroxylation is 1. The molecule has 1 aliphatic heterocycles. The molecule has 1 amide bonds. The van der Waals surface area contributed by atoms with Crippen LogP contribution in [-0.2, 0) is 27.5 Å². The van der Waals surface area contributed by atoms with Gasteiger partial charge in [-0.05, 0) is 55.0 Å². The average molecular weight is 566 g/mol. The van der Waals surface area contributed by atoms with Crippen LogP contribution in [0.3, 0.4) is 0 Å². The van der Waals surface area contributed by atoms with E-state index in [9.17, 15) is 26.4 Å². The van der Waals surface area contributed by atoms with Gasteiger partial charge in [0.2, 0.25) is 15.9 Å². The highest BCUT2D eigenvalue weighted by Gasteiger charge is 2.32. The van der Waals surface area contributed by atoms with Crippen LogP contribution in [0.4, 0.5) is 18.9 Å². The van der Waals surface area contributed by atoms with E-state index in [1.165, 1.54) is 30.3 Å². The Bertz CT molecular complexity index is 1390. The molecule has 0 radical (unpaired) electrons. The highest BCUT2D eigenvalue weighted by molar-refractivity contribution is 7.89. The number of halogens is 4. The molecule has 0 spiro atoms. The molecule has 202 valence electrons. The Morgan fingerprint density at radius 3 is 2.24 bits per heavy atom. The van der Waals surface area contributed by atoms with Crippen molar-refractivity contribution in [3.05, 3.63) is 94.5 Å². The van der Waals surface area contributed by atoms with E-state index in [1.54, 1.807) is 21.9 Å². The summed E-state index contributed by atoms with van der Waals surface area (Å²) in [4.78, 5) is 16.6. The van der Waals surface area contributed by atoms with Crippen molar-refractivity contribution in [1.82, 2.24) is 9.21 Å². The number of benzene rings is 3. The average Bonchev–Trinajstić information content (AvgIpc) is 2.88. The van der Waals surface area contributed by atoms with Crippen LogP contribution in [0, 0.1) is 6.92 Å². The second-order valence-electron chi connectivity index (χ2n) is 9.13. The summed E-state index contributed by atoms with van der Waals surface area (Å²) in [5.74, 6) is -0.376. The maximum absolute atomic E-state index is 13.5. The van der Waals surface area contributed by atoms with Gasteiger partial charge in [-0.3, -0.25) is 4.79 Å². The summed E-state index contributed by atoms with van der Waals surface area (Å²) in [7, 11) is -4.02. The predicted octanol–water partition coefficient (Wildman–Crippen LogP) is 5.21. The van der Waals surface area contributed by atoms with E-state index < -0.39 is 21.8 Å². The molecule has 1 fully saturated rings. The van der Waals surface area contributed by atoms with Crippen LogP contribution in [0.25, 0.3) is 0 Å². The van der Waals surface area contributed by atoms with Crippen LogP contribution in [0.15, 0.2) is 77.7 Å². The zero-order chi connectivity index (χ0) is 27.5. The number of carbonyl (C=O) groups is 1. The summed E-state index contributed by atoms with van der Waals surface area (Å²) in [5, 5.41) is 0.393. The molecule has 0 unspecified atom stereocenters. The number of anilines is 1. The van der Waals surface area contributed by atoms with Gasteiger partial charge in [0.1, 0.15) is 0 Å². The Kier molecular flexibility index (Phi) is 8.34. The summed E-state index contributed by atoms with van der Waals surface area (Å²) in [6.45, 7) is 2.70. The molecular weight excluding hydrogens is 539 g/mol. The number of piperazine rings is 1. The molecule has 0 aliphatic carbocycles. The summed E-state index contributed by atoms with van der Waals surface area (Å²) in [6.07, 6.45) is -4.44. The number of nitrogens with zero attached hydrogens (tertiary/aromatic N) is 3. The number of hydrogen-bond acceptors (Lipinski definition) is 4. The highest BCUT2D eigenvalue weighted by atomic mass is 35.5. The smallest absolute Gasteiger partial charge is 0.368 e. The third kappa shape index (κ3) is 6.67. The molecule has 1 heterocycles. The van der Waals surface area contributed by atoms with Gasteiger partial charge in [0, 0.05) is 43.4 Å². The van der Waals surface area contributed by atoms with Gasteiger partial charge in [-0.25, -0.2) is 8.42 Å². The molecule has 1 saturated heterocycles. The lowest BCUT2D eigenvalue weighted by Crippen LogP contribution is -2.51. The largest absolute Gasteiger partial charge is 0.416 e. The van der Waals surface area contributed by atoms with E-state index in [-0.39, 0.29) is 37.0 Å². The van der Waals surface area contributed by atoms with Crippen LogP contribution in [0.1, 0.15) is 16.7 Å². The zero-order valence-electron chi connectivity index (χ0n) is 20.7. The lowest BCUT2D eigenvalue weighted by molar-refractivity contribution is -0.137. The van der Waals surface area contributed by atoms with Crippen LogP contribution in [-0.4, -0.2) is 56.3 Å². The molecule has 0 aromatic heterocycles. The van der Waals surface area contributed by atoms with Gasteiger partial charge in [0.05, 0.1) is 17.0 Å². The number of carbonyl (C=O) groups excluding carboxylic acids is 1. The standard InChI is InChI=1S/C27H27ClF3N3O3S/c1-20-4-2-5-21(16-20)18-34(38(36,37)25-10-8-23(28)9-11-25)19-26(35)33-14-12-32(13-15-33)24-7-3-6-22(17-24)27(29,30)31/h2-11,16-17H,12-15,18-19H2,1H3. The fraction of sp³-hybridized carbons (Fsp3) is 0.296. The maximum Gasteiger partial charge on any atom is 0.416 e. The Labute approximate surface area is 225 Å². The maximum atomic E-state index is 13.5. The summed E-state index contributed by atoms with van der Waals surface area (Å²) in [6, 6.07) is 18.2. The normalized spacial score (nSPS) is 14.7. The van der Waals surface area contributed by atoms with Crippen molar-refractivity contribution in [3.8, 4) is 0 Å². The molecule has 0 atom stereocenters. The Morgan fingerprint density at radius 1 is 0.947 bits per heavy atom. The fourth-order valence-corrected chi connectivity index (χ4v) is 5.84. The second-order valence-corrected chi connectivity index (χ2v) is 11.5. The van der Waals surface area contributed by atoms with Crippen LogP contribution in [0.5, 0.6) is 0 Å². The molecule has 3 aromatic rings. The van der Waals surface area contributed by atoms with Gasteiger partial charge in [-0.2, -0.15) is 17.5 Å². The number of amides is 1. The molecule has 3 aromatic carbocycles. The third-order valence-corrected chi connectivity index (χ3v) is 8.43. The van der Waals surface area contributed by atoms with Gasteiger partial charge < -0.3 is 9.80 Å². The van der Waals surface area contributed by atoms with Gasteiger partial charge in [-0.15, -0.1) is 0 Å². The van der Waals surface area contributed by atoms with E-state index in [4.69, 9.17) is 11.6 Å². The van der Waals surface area contributed by atoms with Crippen LogP contribution < -0.4 is 4.90 Å². The minimum Gasteiger partial charge on any atom is -0.368 e. The minimum atomic E-state index is -4.44. The lowest BCUT2D eigenvalue weighted by atomic mass is 10.1. The first-order chi connectivity index (χ1) is 17.9. The van der Waals surface area contributed by atoms with E-state index in [0.29, 0.717) is 23.8 Å². The van der Waals surface area contributed by atoms with Gasteiger partial charge >= 0.3 is 6.18 Å². The van der Waals surface area contributed by atoms with Crippen LogP contribution in [0.2, 0.25) is 5.02 Å². The molecule has 0 saturated carbocycles. The van der Waals surface area contributed by atoms with Crippen molar-refractivity contribution in [2.45, 2.75) is 24.5 Å². The van der Waals surface area contributed by atoms with E-state index in [1.807, 2.05) is 25.1 Å². The first-order valence-corrected chi connectivity index (χ1v) is 13.8. The van der Waals surface area contributed by atoms with Crippen molar-refractivity contribution in [2.75, 3.05) is 37.6 Å². The Morgan fingerprint density at radius 2 is 1.61 bits per heavy atom. The molecule has 4 rings (SSSR count). The lowest BCUT2D eigenvalue weighted by Gasteiger charge is -2.37. The van der Waals surface area contributed by atoms with E-state index in [0.717, 1.165) is 27.6 Å². The third-order valence-electron chi connectivity index (χ3n) is 6.38. The van der Waals surface area contributed by atoms with Crippen molar-refractivity contribution in [2.24, 2.45) is 0 Å². The van der Waals surface area contributed by atoms with Crippen molar-refractivity contribution >= 4 is 33.2 Å². The fourth-order valence-electron chi connectivity index (χ4n) is 4.34. The first kappa shape index (κ1) is 27.9. The van der Waals surface area contributed by atoms with E-state index >= 15 is 0 Å². The van der Waals surface area contributed by atoms with Crippen molar-refractivity contribution in [1.29, 1.82) is 0 Å². The van der Waals surface area contributed by atoms with Crippen molar-refractivity contribution < 1.29 is 26.4 Å². The number of alkyl halides is 3. The Balaban J connectivity index is 1.49. The monoisotopic (exact) mass is 565 g/mol. The van der Waals surface area contributed by atoms with Gasteiger partial charge in [0.15, 0.2) is 0 Å². The van der Waals surface area contributed by atoms with E-state index in [2.05, 4.69) is 0 Å². The SMILES string of the molecule is Cc1cccc(CN(CC(=O)N2CCN(c3cccc(C(F)(F)F)c3)CC2)S(=O)(=O)c2ccc(Cl)cc2)c1. The zero-order valence-corrected chi connectivity index (χ0v) is 22.2. The molecule has 11 heteroatoms. The molecule has 0 bridgehead atoms. The van der Waals surface area contributed by atoms with Gasteiger partial charge in [-0.1, -0.05) is 47.5 Å². The van der Waals surface area contributed by atoms with Gasteiger partial charge in [0.25, 0.3) is 0 Å². The number of sulfonamides is 1.